The number of ether oxygens (including phenoxy) is 1. The first-order chi connectivity index (χ1) is 17.1. The minimum atomic E-state index is 0.772. The lowest BCUT2D eigenvalue weighted by Gasteiger charge is -2.35. The van der Waals surface area contributed by atoms with Gasteiger partial charge >= 0.3 is 0 Å². The van der Waals surface area contributed by atoms with Crippen LogP contribution in [0.4, 0.5) is 5.82 Å². The highest BCUT2D eigenvalue weighted by molar-refractivity contribution is 5.96. The molecule has 1 saturated heterocycles. The van der Waals surface area contributed by atoms with E-state index >= 15 is 0 Å². The van der Waals surface area contributed by atoms with Gasteiger partial charge in [0, 0.05) is 87.6 Å². The third-order valence-corrected chi connectivity index (χ3v) is 6.99. The Morgan fingerprint density at radius 1 is 1.03 bits per heavy atom. The standard InChI is InChI=1S/C28H36N6O/c1-32(2)8-9-33-10-12-34(13-11-33)20-21-14-22(17-29-16-21)23-15-25-26(19-31-28(25)30-18-23)24-6-4-5-7-27(24)35-3/h4-7,14-17,19,30-31H,8-13,18,20H2,1-3H3. The highest BCUT2D eigenvalue weighted by atomic mass is 16.5. The van der Waals surface area contributed by atoms with Gasteiger partial charge in [0.15, 0.2) is 0 Å². The number of rotatable bonds is 8. The predicted molar refractivity (Wildman–Crippen MR) is 144 cm³/mol. The highest BCUT2D eigenvalue weighted by Crippen LogP contribution is 2.39. The Labute approximate surface area is 208 Å². The van der Waals surface area contributed by atoms with E-state index in [1.54, 1.807) is 7.11 Å². The number of pyridine rings is 1. The molecule has 2 aliphatic heterocycles. The number of nitrogens with zero attached hydrogens (tertiary/aromatic N) is 4. The SMILES string of the molecule is COc1ccccc1-c1c[nH]c2c1C=C(c1cncc(CN3CCN(CCN(C)C)CC3)c1)CN2. The molecule has 0 unspecified atom stereocenters. The monoisotopic (exact) mass is 472 g/mol. The van der Waals surface area contributed by atoms with Crippen LogP contribution in [0.3, 0.4) is 0 Å². The van der Waals surface area contributed by atoms with Crippen molar-refractivity contribution < 1.29 is 4.74 Å². The molecule has 0 amide bonds. The van der Waals surface area contributed by atoms with Crippen LogP contribution < -0.4 is 10.1 Å². The first-order valence-corrected chi connectivity index (χ1v) is 12.4. The van der Waals surface area contributed by atoms with Crippen molar-refractivity contribution in [2.75, 3.05) is 72.3 Å². The van der Waals surface area contributed by atoms with Crippen molar-refractivity contribution in [1.82, 2.24) is 24.7 Å². The zero-order valence-corrected chi connectivity index (χ0v) is 21.1. The van der Waals surface area contributed by atoms with Crippen molar-refractivity contribution in [3.8, 4) is 16.9 Å². The minimum Gasteiger partial charge on any atom is -0.496 e. The Morgan fingerprint density at radius 3 is 2.63 bits per heavy atom. The van der Waals surface area contributed by atoms with Crippen molar-refractivity contribution >= 4 is 17.5 Å². The third kappa shape index (κ3) is 5.42. The summed E-state index contributed by atoms with van der Waals surface area (Å²) in [5.41, 5.74) is 7.08. The quantitative estimate of drug-likeness (QED) is 0.521. The van der Waals surface area contributed by atoms with Crippen LogP contribution >= 0.6 is 0 Å². The number of H-pyrrole nitrogens is 1. The maximum atomic E-state index is 5.62. The Balaban J connectivity index is 1.30. The average molecular weight is 473 g/mol. The fraction of sp³-hybridized carbons (Fsp3) is 0.393. The zero-order valence-electron chi connectivity index (χ0n) is 21.1. The fourth-order valence-electron chi connectivity index (χ4n) is 4.94. The van der Waals surface area contributed by atoms with Crippen molar-refractivity contribution in [1.29, 1.82) is 0 Å². The van der Waals surface area contributed by atoms with Crippen LogP contribution in [-0.2, 0) is 6.54 Å². The molecule has 0 atom stereocenters. The number of para-hydroxylation sites is 1. The zero-order chi connectivity index (χ0) is 24.2. The molecule has 5 rings (SSSR count). The van der Waals surface area contributed by atoms with E-state index in [4.69, 9.17) is 4.74 Å². The first kappa shape index (κ1) is 23.6. The predicted octanol–water partition coefficient (Wildman–Crippen LogP) is 3.73. The molecule has 2 aromatic heterocycles. The van der Waals surface area contributed by atoms with Gasteiger partial charge < -0.3 is 19.9 Å². The molecule has 1 fully saturated rings. The largest absolute Gasteiger partial charge is 0.496 e. The molecule has 0 aliphatic carbocycles. The van der Waals surface area contributed by atoms with Crippen molar-refractivity contribution in [3.63, 3.8) is 0 Å². The summed E-state index contributed by atoms with van der Waals surface area (Å²) in [5, 5.41) is 3.55. The minimum absolute atomic E-state index is 0.772. The van der Waals surface area contributed by atoms with Gasteiger partial charge in [0.05, 0.1) is 7.11 Å². The van der Waals surface area contributed by atoms with E-state index in [-0.39, 0.29) is 0 Å². The van der Waals surface area contributed by atoms with Gasteiger partial charge in [0.2, 0.25) is 0 Å². The van der Waals surface area contributed by atoms with E-state index in [1.807, 2.05) is 30.6 Å². The van der Waals surface area contributed by atoms with Crippen LogP contribution in [0.2, 0.25) is 0 Å². The fourth-order valence-corrected chi connectivity index (χ4v) is 4.94. The maximum Gasteiger partial charge on any atom is 0.126 e. The lowest BCUT2D eigenvalue weighted by Crippen LogP contribution is -2.47. The number of likely N-dealkylation sites (N-methyl/N-ethyl adjacent to an activating group) is 1. The molecule has 4 heterocycles. The second-order valence-corrected chi connectivity index (χ2v) is 9.72. The second-order valence-electron chi connectivity index (χ2n) is 9.72. The summed E-state index contributed by atoms with van der Waals surface area (Å²) in [6, 6.07) is 10.5. The van der Waals surface area contributed by atoms with Crippen LogP contribution in [0.1, 0.15) is 16.7 Å². The van der Waals surface area contributed by atoms with Crippen LogP contribution in [0.25, 0.3) is 22.8 Å². The van der Waals surface area contributed by atoms with E-state index in [2.05, 4.69) is 68.5 Å². The lowest BCUT2D eigenvalue weighted by molar-refractivity contribution is 0.120. The van der Waals surface area contributed by atoms with Gasteiger partial charge in [-0.3, -0.25) is 14.8 Å². The average Bonchev–Trinajstić information content (AvgIpc) is 3.31. The summed E-state index contributed by atoms with van der Waals surface area (Å²) in [6.07, 6.45) is 8.34. The van der Waals surface area contributed by atoms with Gasteiger partial charge in [-0.25, -0.2) is 0 Å². The van der Waals surface area contributed by atoms with Crippen molar-refractivity contribution in [2.24, 2.45) is 0 Å². The Kier molecular flexibility index (Phi) is 7.18. The van der Waals surface area contributed by atoms with E-state index in [0.717, 1.165) is 80.6 Å². The summed E-state index contributed by atoms with van der Waals surface area (Å²) in [5.74, 6) is 1.92. The van der Waals surface area contributed by atoms with E-state index in [1.165, 1.54) is 16.7 Å². The highest BCUT2D eigenvalue weighted by Gasteiger charge is 2.20. The van der Waals surface area contributed by atoms with Gasteiger partial charge in [-0.1, -0.05) is 18.2 Å². The summed E-state index contributed by atoms with van der Waals surface area (Å²) in [4.78, 5) is 15.4. The van der Waals surface area contributed by atoms with E-state index in [9.17, 15) is 0 Å². The molecular formula is C28H36N6O. The Bertz CT molecular complexity index is 1180. The molecule has 2 N–H and O–H groups in total. The third-order valence-electron chi connectivity index (χ3n) is 6.99. The lowest BCUT2D eigenvalue weighted by atomic mass is 9.96. The molecule has 35 heavy (non-hydrogen) atoms. The van der Waals surface area contributed by atoms with Crippen molar-refractivity contribution in [2.45, 2.75) is 6.54 Å². The first-order valence-electron chi connectivity index (χ1n) is 12.4. The van der Waals surface area contributed by atoms with Crippen LogP contribution in [0.15, 0.2) is 48.9 Å². The molecular weight excluding hydrogens is 436 g/mol. The molecule has 2 aliphatic rings. The molecule has 0 bridgehead atoms. The summed E-state index contributed by atoms with van der Waals surface area (Å²) in [6.45, 7) is 8.48. The normalized spacial score (nSPS) is 16.6. The summed E-state index contributed by atoms with van der Waals surface area (Å²) < 4.78 is 5.62. The molecule has 0 saturated carbocycles. The van der Waals surface area contributed by atoms with E-state index < -0.39 is 0 Å². The number of hydrogen-bond acceptors (Lipinski definition) is 6. The topological polar surface area (TPSA) is 59.7 Å². The molecule has 0 radical (unpaired) electrons. The molecule has 1 aromatic carbocycles. The summed E-state index contributed by atoms with van der Waals surface area (Å²) in [7, 11) is 6.01. The number of benzene rings is 1. The second kappa shape index (κ2) is 10.6. The van der Waals surface area contributed by atoms with Crippen LogP contribution in [-0.4, -0.2) is 91.7 Å². The molecule has 7 nitrogen and oxygen atoms in total. The molecule has 184 valence electrons. The van der Waals surface area contributed by atoms with E-state index in [0.29, 0.717) is 0 Å². The number of methoxy groups -OCH3 is 1. The number of nitrogens with one attached hydrogen (secondary N) is 2. The number of aromatic amines is 1. The van der Waals surface area contributed by atoms with Crippen LogP contribution in [0.5, 0.6) is 5.75 Å². The number of piperazine rings is 1. The van der Waals surface area contributed by atoms with Gasteiger partial charge in [0.25, 0.3) is 0 Å². The Hall–Kier alpha value is -3.13. The summed E-state index contributed by atoms with van der Waals surface area (Å²) >= 11 is 0. The smallest absolute Gasteiger partial charge is 0.126 e. The van der Waals surface area contributed by atoms with Gasteiger partial charge in [-0.05, 0) is 49.0 Å². The molecule has 3 aromatic rings. The molecule has 0 spiro atoms. The van der Waals surface area contributed by atoms with Gasteiger partial charge in [-0.2, -0.15) is 0 Å². The number of fused-ring (bicyclic) bond motifs is 1. The van der Waals surface area contributed by atoms with Crippen molar-refractivity contribution in [3.05, 3.63) is 65.6 Å². The Morgan fingerprint density at radius 2 is 1.83 bits per heavy atom. The van der Waals surface area contributed by atoms with Gasteiger partial charge in [0.1, 0.15) is 11.6 Å². The number of aromatic nitrogens is 2. The maximum absolute atomic E-state index is 5.62. The number of anilines is 1. The van der Waals surface area contributed by atoms with Crippen LogP contribution in [0, 0.1) is 0 Å². The van der Waals surface area contributed by atoms with Gasteiger partial charge in [-0.15, -0.1) is 0 Å². The molecule has 7 heteroatoms. The number of hydrogen-bond donors (Lipinski definition) is 2.